The second kappa shape index (κ2) is 4.33. The van der Waals surface area contributed by atoms with E-state index in [1.54, 1.807) is 6.26 Å². The van der Waals surface area contributed by atoms with Crippen molar-refractivity contribution >= 4 is 5.91 Å². The third-order valence-electron chi connectivity index (χ3n) is 3.52. The van der Waals surface area contributed by atoms with Crippen LogP contribution in [0.25, 0.3) is 0 Å². The number of carbonyl (C=O) groups is 1. The first-order chi connectivity index (χ1) is 8.77. The Kier molecular flexibility index (Phi) is 2.67. The predicted molar refractivity (Wildman–Crippen MR) is 68.3 cm³/mol. The van der Waals surface area contributed by atoms with Crippen molar-refractivity contribution in [2.45, 2.75) is 19.4 Å². The number of hydrogen-bond donors (Lipinski definition) is 0. The molecular weight excluding hydrogens is 226 g/mol. The molecule has 1 aliphatic rings. The lowest BCUT2D eigenvalue weighted by atomic mass is 9.94. The molecule has 2 aromatic rings. The van der Waals surface area contributed by atoms with Crippen molar-refractivity contribution in [3.63, 3.8) is 0 Å². The highest BCUT2D eigenvalue weighted by atomic mass is 16.3. The number of likely N-dealkylation sites (tertiary alicyclic amines) is 1. The van der Waals surface area contributed by atoms with Crippen molar-refractivity contribution in [3.8, 4) is 0 Å². The summed E-state index contributed by atoms with van der Waals surface area (Å²) in [5.74, 6) is 0.466. The van der Waals surface area contributed by atoms with E-state index in [0.29, 0.717) is 5.76 Å². The molecular formula is C15H15NO2. The van der Waals surface area contributed by atoms with Crippen LogP contribution >= 0.6 is 0 Å². The standard InChI is InChI=1S/C15H15NO2/c1-11-8-10-18-14(11)15(17)16-9-7-13(16)12-5-3-2-4-6-12/h2-6,8,10,13H,7,9H2,1H3. The molecule has 92 valence electrons. The zero-order valence-corrected chi connectivity index (χ0v) is 10.3. The fourth-order valence-electron chi connectivity index (χ4n) is 2.37. The first-order valence-corrected chi connectivity index (χ1v) is 6.17. The lowest BCUT2D eigenvalue weighted by Crippen LogP contribution is -2.45. The molecule has 3 heteroatoms. The topological polar surface area (TPSA) is 33.5 Å². The molecule has 0 aliphatic carbocycles. The van der Waals surface area contributed by atoms with Gasteiger partial charge in [-0.3, -0.25) is 4.79 Å². The molecule has 1 aromatic heterocycles. The van der Waals surface area contributed by atoms with Crippen LogP contribution in [0.15, 0.2) is 47.1 Å². The summed E-state index contributed by atoms with van der Waals surface area (Å²) in [5, 5.41) is 0. The first-order valence-electron chi connectivity index (χ1n) is 6.17. The summed E-state index contributed by atoms with van der Waals surface area (Å²) in [4.78, 5) is 14.2. The predicted octanol–water partition coefficient (Wildman–Crippen LogP) is 3.18. The van der Waals surface area contributed by atoms with Gasteiger partial charge in [-0.2, -0.15) is 0 Å². The number of furan rings is 1. The van der Waals surface area contributed by atoms with Crippen LogP contribution in [0.4, 0.5) is 0 Å². The van der Waals surface area contributed by atoms with Gasteiger partial charge in [0.1, 0.15) is 0 Å². The van der Waals surface area contributed by atoms with Gasteiger partial charge in [0.05, 0.1) is 12.3 Å². The van der Waals surface area contributed by atoms with E-state index >= 15 is 0 Å². The van der Waals surface area contributed by atoms with Gasteiger partial charge in [0.2, 0.25) is 0 Å². The van der Waals surface area contributed by atoms with Crippen molar-refractivity contribution in [2.24, 2.45) is 0 Å². The van der Waals surface area contributed by atoms with E-state index in [2.05, 4.69) is 12.1 Å². The zero-order chi connectivity index (χ0) is 12.5. The maximum absolute atomic E-state index is 12.3. The summed E-state index contributed by atoms with van der Waals surface area (Å²) >= 11 is 0. The molecule has 3 nitrogen and oxygen atoms in total. The number of carbonyl (C=O) groups excluding carboxylic acids is 1. The molecule has 1 saturated heterocycles. The quantitative estimate of drug-likeness (QED) is 0.809. The first kappa shape index (κ1) is 11.1. The number of aryl methyl sites for hydroxylation is 1. The van der Waals surface area contributed by atoms with Crippen LogP contribution in [0.3, 0.4) is 0 Å². The SMILES string of the molecule is Cc1ccoc1C(=O)N1CCC1c1ccccc1. The molecule has 1 aliphatic heterocycles. The monoisotopic (exact) mass is 241 g/mol. The van der Waals surface area contributed by atoms with Gasteiger partial charge in [-0.05, 0) is 25.0 Å². The summed E-state index contributed by atoms with van der Waals surface area (Å²) in [5.41, 5.74) is 2.10. The number of hydrogen-bond acceptors (Lipinski definition) is 2. The fourth-order valence-corrected chi connectivity index (χ4v) is 2.37. The Morgan fingerprint density at radius 3 is 2.61 bits per heavy atom. The maximum Gasteiger partial charge on any atom is 0.290 e. The Morgan fingerprint density at radius 2 is 2.06 bits per heavy atom. The highest BCUT2D eigenvalue weighted by Crippen LogP contribution is 2.34. The number of amides is 1. The second-order valence-corrected chi connectivity index (χ2v) is 4.65. The largest absolute Gasteiger partial charge is 0.459 e. The van der Waals surface area contributed by atoms with Crippen molar-refractivity contribution in [1.82, 2.24) is 4.90 Å². The Morgan fingerprint density at radius 1 is 1.28 bits per heavy atom. The van der Waals surface area contributed by atoms with Gasteiger partial charge in [-0.15, -0.1) is 0 Å². The van der Waals surface area contributed by atoms with Crippen molar-refractivity contribution in [3.05, 3.63) is 59.5 Å². The highest BCUT2D eigenvalue weighted by molar-refractivity contribution is 5.93. The number of benzene rings is 1. The molecule has 0 radical (unpaired) electrons. The van der Waals surface area contributed by atoms with Crippen molar-refractivity contribution < 1.29 is 9.21 Å². The van der Waals surface area contributed by atoms with E-state index in [4.69, 9.17) is 4.42 Å². The molecule has 2 heterocycles. The van der Waals surface area contributed by atoms with Crippen LogP contribution in [-0.2, 0) is 0 Å². The van der Waals surface area contributed by atoms with Crippen LogP contribution in [0.2, 0.25) is 0 Å². The summed E-state index contributed by atoms with van der Waals surface area (Å²) in [6, 6.07) is 12.2. The average Bonchev–Trinajstić information content (AvgIpc) is 2.75. The highest BCUT2D eigenvalue weighted by Gasteiger charge is 2.35. The van der Waals surface area contributed by atoms with E-state index in [1.807, 2.05) is 36.1 Å². The van der Waals surface area contributed by atoms with E-state index < -0.39 is 0 Å². The van der Waals surface area contributed by atoms with Gasteiger partial charge in [0.25, 0.3) is 5.91 Å². The molecule has 0 N–H and O–H groups in total. The van der Waals surface area contributed by atoms with Gasteiger partial charge < -0.3 is 9.32 Å². The number of nitrogens with zero attached hydrogens (tertiary/aromatic N) is 1. The molecule has 1 amide bonds. The average molecular weight is 241 g/mol. The summed E-state index contributed by atoms with van der Waals surface area (Å²) in [6.07, 6.45) is 2.59. The van der Waals surface area contributed by atoms with Crippen LogP contribution < -0.4 is 0 Å². The van der Waals surface area contributed by atoms with Crippen molar-refractivity contribution in [2.75, 3.05) is 6.54 Å². The van der Waals surface area contributed by atoms with Gasteiger partial charge in [-0.25, -0.2) is 0 Å². The minimum Gasteiger partial charge on any atom is -0.459 e. The van der Waals surface area contributed by atoms with Crippen molar-refractivity contribution in [1.29, 1.82) is 0 Å². The number of rotatable bonds is 2. The Hall–Kier alpha value is -2.03. The Bertz CT molecular complexity index is 559. The molecule has 1 aromatic carbocycles. The second-order valence-electron chi connectivity index (χ2n) is 4.65. The summed E-state index contributed by atoms with van der Waals surface area (Å²) in [7, 11) is 0. The smallest absolute Gasteiger partial charge is 0.290 e. The normalized spacial score (nSPS) is 18.5. The third-order valence-corrected chi connectivity index (χ3v) is 3.52. The molecule has 1 atom stereocenters. The Balaban J connectivity index is 1.82. The van der Waals surface area contributed by atoms with E-state index in [-0.39, 0.29) is 11.9 Å². The summed E-state index contributed by atoms with van der Waals surface area (Å²) < 4.78 is 5.28. The van der Waals surface area contributed by atoms with Crippen LogP contribution in [0, 0.1) is 6.92 Å². The summed E-state index contributed by atoms with van der Waals surface area (Å²) in [6.45, 7) is 2.70. The van der Waals surface area contributed by atoms with Gasteiger partial charge in [0, 0.05) is 12.1 Å². The molecule has 1 unspecified atom stereocenters. The van der Waals surface area contributed by atoms with Crippen LogP contribution in [-0.4, -0.2) is 17.4 Å². The lowest BCUT2D eigenvalue weighted by Gasteiger charge is -2.40. The fraction of sp³-hybridized carbons (Fsp3) is 0.267. The Labute approximate surface area is 106 Å². The van der Waals surface area contributed by atoms with E-state index in [9.17, 15) is 4.79 Å². The van der Waals surface area contributed by atoms with E-state index in [0.717, 1.165) is 18.5 Å². The van der Waals surface area contributed by atoms with Crippen LogP contribution in [0.1, 0.15) is 34.1 Å². The third kappa shape index (κ3) is 1.72. The van der Waals surface area contributed by atoms with Gasteiger partial charge >= 0.3 is 0 Å². The minimum absolute atomic E-state index is 0.00222. The van der Waals surface area contributed by atoms with Crippen LogP contribution in [0.5, 0.6) is 0 Å². The van der Waals surface area contributed by atoms with Gasteiger partial charge in [0.15, 0.2) is 5.76 Å². The molecule has 0 bridgehead atoms. The lowest BCUT2D eigenvalue weighted by molar-refractivity contribution is 0.0427. The molecule has 0 spiro atoms. The van der Waals surface area contributed by atoms with E-state index in [1.165, 1.54) is 5.56 Å². The zero-order valence-electron chi connectivity index (χ0n) is 10.3. The van der Waals surface area contributed by atoms with Gasteiger partial charge in [-0.1, -0.05) is 30.3 Å². The minimum atomic E-state index is -0.00222. The maximum atomic E-state index is 12.3. The molecule has 1 fully saturated rings. The molecule has 18 heavy (non-hydrogen) atoms. The molecule has 0 saturated carbocycles. The molecule has 3 rings (SSSR count).